The van der Waals surface area contributed by atoms with Gasteiger partial charge in [-0.2, -0.15) is 0 Å². The van der Waals surface area contributed by atoms with E-state index in [2.05, 4.69) is 10.1 Å². The van der Waals surface area contributed by atoms with E-state index in [1.165, 1.54) is 0 Å². The van der Waals surface area contributed by atoms with Crippen LogP contribution in [0.4, 0.5) is 5.69 Å². The maximum Gasteiger partial charge on any atom is 0.256 e. The molecule has 1 fully saturated rings. The Balaban J connectivity index is 1.57. The summed E-state index contributed by atoms with van der Waals surface area (Å²) in [6.07, 6.45) is 0. The molecule has 1 saturated heterocycles. The van der Waals surface area contributed by atoms with Crippen molar-refractivity contribution in [1.82, 2.24) is 15.0 Å². The van der Waals surface area contributed by atoms with Crippen LogP contribution in [0, 0.1) is 6.92 Å². The zero-order valence-corrected chi connectivity index (χ0v) is 12.7. The van der Waals surface area contributed by atoms with Gasteiger partial charge in [-0.1, -0.05) is 17.3 Å². The van der Waals surface area contributed by atoms with Crippen LogP contribution in [0.2, 0.25) is 0 Å². The first-order valence-corrected chi connectivity index (χ1v) is 7.42. The van der Waals surface area contributed by atoms with Gasteiger partial charge >= 0.3 is 0 Å². The van der Waals surface area contributed by atoms with Crippen LogP contribution >= 0.6 is 0 Å². The number of hydrogen-bond acceptors (Lipinski definition) is 5. The summed E-state index contributed by atoms with van der Waals surface area (Å²) >= 11 is 0. The van der Waals surface area contributed by atoms with Crippen molar-refractivity contribution >= 4 is 11.6 Å². The predicted molar refractivity (Wildman–Crippen MR) is 83.3 cm³/mol. The van der Waals surface area contributed by atoms with Gasteiger partial charge in [0.2, 0.25) is 0 Å². The van der Waals surface area contributed by atoms with Gasteiger partial charge in [0.05, 0.1) is 17.8 Å². The third-order valence-electron chi connectivity index (χ3n) is 3.91. The standard InChI is InChI=1S/C16H20N4O2/c1-12-10-13(22-18-12)11-19-6-8-20(9-7-19)16(21)14-4-2-3-5-15(14)17/h2-5,10H,6-9,11,17H2,1H3. The van der Waals surface area contributed by atoms with E-state index in [0.717, 1.165) is 31.1 Å². The number of anilines is 1. The van der Waals surface area contributed by atoms with Crippen LogP contribution in [0.25, 0.3) is 0 Å². The molecule has 0 radical (unpaired) electrons. The first kappa shape index (κ1) is 14.6. The number of para-hydroxylation sites is 1. The molecule has 6 heteroatoms. The lowest BCUT2D eigenvalue weighted by atomic mass is 10.1. The highest BCUT2D eigenvalue weighted by molar-refractivity contribution is 5.99. The van der Waals surface area contributed by atoms with Crippen LogP contribution in [-0.2, 0) is 6.54 Å². The van der Waals surface area contributed by atoms with E-state index < -0.39 is 0 Å². The molecular formula is C16H20N4O2. The second kappa shape index (κ2) is 6.19. The van der Waals surface area contributed by atoms with Gasteiger partial charge in [-0.3, -0.25) is 9.69 Å². The van der Waals surface area contributed by atoms with E-state index in [1.807, 2.05) is 30.0 Å². The topological polar surface area (TPSA) is 75.6 Å². The largest absolute Gasteiger partial charge is 0.398 e. The summed E-state index contributed by atoms with van der Waals surface area (Å²) in [5.74, 6) is 0.873. The fraction of sp³-hybridized carbons (Fsp3) is 0.375. The lowest BCUT2D eigenvalue weighted by Crippen LogP contribution is -2.48. The van der Waals surface area contributed by atoms with Gasteiger partial charge in [-0.15, -0.1) is 0 Å². The van der Waals surface area contributed by atoms with Crippen molar-refractivity contribution < 1.29 is 9.32 Å². The number of carbonyl (C=O) groups excluding carboxylic acids is 1. The lowest BCUT2D eigenvalue weighted by molar-refractivity contribution is 0.0618. The first-order chi connectivity index (χ1) is 10.6. The van der Waals surface area contributed by atoms with Crippen LogP contribution in [0.15, 0.2) is 34.9 Å². The number of aromatic nitrogens is 1. The highest BCUT2D eigenvalue weighted by Gasteiger charge is 2.23. The maximum atomic E-state index is 12.5. The molecular weight excluding hydrogens is 280 g/mol. The molecule has 22 heavy (non-hydrogen) atoms. The highest BCUT2D eigenvalue weighted by atomic mass is 16.5. The molecule has 1 aromatic carbocycles. The molecule has 2 heterocycles. The van der Waals surface area contributed by atoms with Crippen molar-refractivity contribution in [2.45, 2.75) is 13.5 Å². The third kappa shape index (κ3) is 3.12. The number of carbonyl (C=O) groups is 1. The van der Waals surface area contributed by atoms with Gasteiger partial charge in [-0.25, -0.2) is 0 Å². The van der Waals surface area contributed by atoms with Gasteiger partial charge < -0.3 is 15.2 Å². The molecule has 1 aliphatic rings. The predicted octanol–water partition coefficient (Wildman–Crippen LogP) is 1.52. The van der Waals surface area contributed by atoms with Gasteiger partial charge in [0, 0.05) is 37.9 Å². The summed E-state index contributed by atoms with van der Waals surface area (Å²) in [4.78, 5) is 16.6. The molecule has 1 aliphatic heterocycles. The lowest BCUT2D eigenvalue weighted by Gasteiger charge is -2.34. The molecule has 0 aliphatic carbocycles. The zero-order chi connectivity index (χ0) is 15.5. The van der Waals surface area contributed by atoms with E-state index in [9.17, 15) is 4.79 Å². The Morgan fingerprint density at radius 2 is 2.00 bits per heavy atom. The number of piperazine rings is 1. The second-order valence-electron chi connectivity index (χ2n) is 5.59. The monoisotopic (exact) mass is 300 g/mol. The van der Waals surface area contributed by atoms with Crippen LogP contribution in [-0.4, -0.2) is 47.0 Å². The molecule has 116 valence electrons. The number of amides is 1. The van der Waals surface area contributed by atoms with Crippen molar-refractivity contribution in [3.05, 3.63) is 47.3 Å². The van der Waals surface area contributed by atoms with Crippen LogP contribution in [0.5, 0.6) is 0 Å². The number of nitrogen functional groups attached to an aromatic ring is 1. The quantitative estimate of drug-likeness (QED) is 0.870. The summed E-state index contributed by atoms with van der Waals surface area (Å²) in [6.45, 7) is 5.67. The minimum absolute atomic E-state index is 0.00765. The highest BCUT2D eigenvalue weighted by Crippen LogP contribution is 2.16. The number of aryl methyl sites for hydroxylation is 1. The molecule has 3 rings (SSSR count). The average Bonchev–Trinajstić information content (AvgIpc) is 2.93. The van der Waals surface area contributed by atoms with E-state index >= 15 is 0 Å². The Bertz CT molecular complexity index is 660. The van der Waals surface area contributed by atoms with Gasteiger partial charge in [0.25, 0.3) is 5.91 Å². The van der Waals surface area contributed by atoms with Crippen molar-refractivity contribution in [3.63, 3.8) is 0 Å². The average molecular weight is 300 g/mol. The molecule has 0 unspecified atom stereocenters. The number of rotatable bonds is 3. The van der Waals surface area contributed by atoms with E-state index in [4.69, 9.17) is 10.3 Å². The molecule has 1 aromatic heterocycles. The minimum Gasteiger partial charge on any atom is -0.398 e. The smallest absolute Gasteiger partial charge is 0.256 e. The van der Waals surface area contributed by atoms with Gasteiger partial charge in [0.1, 0.15) is 0 Å². The number of nitrogens with two attached hydrogens (primary N) is 1. The van der Waals surface area contributed by atoms with Crippen molar-refractivity contribution in [1.29, 1.82) is 0 Å². The molecule has 0 atom stereocenters. The van der Waals surface area contributed by atoms with Crippen LogP contribution in [0.1, 0.15) is 21.8 Å². The zero-order valence-electron chi connectivity index (χ0n) is 12.7. The van der Waals surface area contributed by atoms with Gasteiger partial charge in [-0.05, 0) is 19.1 Å². The summed E-state index contributed by atoms with van der Waals surface area (Å²) < 4.78 is 5.24. The number of nitrogens with zero attached hydrogens (tertiary/aromatic N) is 3. The Hall–Kier alpha value is -2.34. The van der Waals surface area contributed by atoms with Crippen LogP contribution in [0.3, 0.4) is 0 Å². The van der Waals surface area contributed by atoms with Crippen LogP contribution < -0.4 is 5.73 Å². The van der Waals surface area contributed by atoms with Crippen molar-refractivity contribution in [2.24, 2.45) is 0 Å². The molecule has 0 saturated carbocycles. The Labute approximate surface area is 129 Å². The van der Waals surface area contributed by atoms with Gasteiger partial charge in [0.15, 0.2) is 5.76 Å². The SMILES string of the molecule is Cc1cc(CN2CCN(C(=O)c3ccccc3N)CC2)on1. The van der Waals surface area contributed by atoms with E-state index in [0.29, 0.717) is 24.3 Å². The fourth-order valence-electron chi connectivity index (χ4n) is 2.68. The molecule has 6 nitrogen and oxygen atoms in total. The summed E-state index contributed by atoms with van der Waals surface area (Å²) in [7, 11) is 0. The van der Waals surface area contributed by atoms with E-state index in [-0.39, 0.29) is 5.91 Å². The maximum absolute atomic E-state index is 12.5. The summed E-state index contributed by atoms with van der Waals surface area (Å²) in [5, 5.41) is 3.89. The molecule has 0 bridgehead atoms. The Morgan fingerprint density at radius 3 is 2.64 bits per heavy atom. The Kier molecular flexibility index (Phi) is 4.11. The molecule has 2 aromatic rings. The Morgan fingerprint density at radius 1 is 1.27 bits per heavy atom. The van der Waals surface area contributed by atoms with E-state index in [1.54, 1.807) is 12.1 Å². The number of benzene rings is 1. The fourth-order valence-corrected chi connectivity index (χ4v) is 2.68. The first-order valence-electron chi connectivity index (χ1n) is 7.42. The third-order valence-corrected chi connectivity index (χ3v) is 3.91. The molecule has 0 spiro atoms. The normalized spacial score (nSPS) is 16.0. The summed E-state index contributed by atoms with van der Waals surface area (Å²) in [5.41, 5.74) is 7.89. The van der Waals surface area contributed by atoms with Crippen molar-refractivity contribution in [3.8, 4) is 0 Å². The second-order valence-corrected chi connectivity index (χ2v) is 5.59. The summed E-state index contributed by atoms with van der Waals surface area (Å²) in [6, 6.07) is 9.16. The van der Waals surface area contributed by atoms with Crippen molar-refractivity contribution in [2.75, 3.05) is 31.9 Å². The molecule has 2 N–H and O–H groups in total. The molecule has 1 amide bonds. The minimum atomic E-state index is 0.00765. The number of hydrogen-bond donors (Lipinski definition) is 1.